The van der Waals surface area contributed by atoms with E-state index >= 15 is 0 Å². The van der Waals surface area contributed by atoms with Gasteiger partial charge in [-0.05, 0) is 30.6 Å². The maximum atomic E-state index is 10.9. The highest BCUT2D eigenvalue weighted by molar-refractivity contribution is 7.98. The molecule has 0 aliphatic rings. The highest BCUT2D eigenvalue weighted by Gasteiger charge is 2.11. The van der Waals surface area contributed by atoms with Crippen LogP contribution < -0.4 is 10.5 Å². The molecule has 1 aromatic rings. The van der Waals surface area contributed by atoms with Crippen LogP contribution in [0.4, 0.5) is 5.69 Å². The molecule has 4 nitrogen and oxygen atoms in total. The van der Waals surface area contributed by atoms with E-state index in [1.165, 1.54) is 6.07 Å². The molecule has 0 saturated heterocycles. The Morgan fingerprint density at radius 3 is 2.94 bits per heavy atom. The Morgan fingerprint density at radius 1 is 1.56 bits per heavy atom. The van der Waals surface area contributed by atoms with E-state index in [9.17, 15) is 4.79 Å². The molecule has 1 rings (SSSR count). The minimum Gasteiger partial charge on any atom is -0.493 e. The fourth-order valence-corrected chi connectivity index (χ4v) is 1.63. The SMILES string of the molecule is CSCCCOc1cc(N)ccc1C(=O)O. The number of rotatable bonds is 6. The number of carbonyl (C=O) groups is 1. The average molecular weight is 241 g/mol. The van der Waals surface area contributed by atoms with E-state index in [1.807, 2.05) is 6.26 Å². The maximum absolute atomic E-state index is 10.9. The van der Waals surface area contributed by atoms with Crippen LogP contribution >= 0.6 is 11.8 Å². The molecule has 0 saturated carbocycles. The van der Waals surface area contributed by atoms with Crippen LogP contribution in [-0.2, 0) is 0 Å². The van der Waals surface area contributed by atoms with Gasteiger partial charge >= 0.3 is 5.97 Å². The van der Waals surface area contributed by atoms with Crippen molar-refractivity contribution in [2.75, 3.05) is 24.3 Å². The summed E-state index contributed by atoms with van der Waals surface area (Å²) < 4.78 is 5.41. The third-order valence-corrected chi connectivity index (χ3v) is 2.68. The number of ether oxygens (including phenoxy) is 1. The van der Waals surface area contributed by atoms with Gasteiger partial charge in [0.1, 0.15) is 11.3 Å². The molecule has 0 aliphatic heterocycles. The summed E-state index contributed by atoms with van der Waals surface area (Å²) in [7, 11) is 0. The van der Waals surface area contributed by atoms with Crippen LogP contribution in [0.15, 0.2) is 18.2 Å². The molecule has 3 N–H and O–H groups in total. The largest absolute Gasteiger partial charge is 0.493 e. The van der Waals surface area contributed by atoms with Crippen LogP contribution in [0.5, 0.6) is 5.75 Å². The molecule has 16 heavy (non-hydrogen) atoms. The zero-order chi connectivity index (χ0) is 12.0. The second kappa shape index (κ2) is 6.27. The van der Waals surface area contributed by atoms with Crippen LogP contribution in [0, 0.1) is 0 Å². The number of thioether (sulfide) groups is 1. The van der Waals surface area contributed by atoms with Crippen molar-refractivity contribution in [2.45, 2.75) is 6.42 Å². The summed E-state index contributed by atoms with van der Waals surface area (Å²) in [5, 5.41) is 8.93. The van der Waals surface area contributed by atoms with Gasteiger partial charge in [0.05, 0.1) is 6.61 Å². The summed E-state index contributed by atoms with van der Waals surface area (Å²) in [5.74, 6) is 0.332. The molecule has 0 fully saturated rings. The molecule has 0 unspecified atom stereocenters. The Bertz CT molecular complexity index is 368. The van der Waals surface area contributed by atoms with Gasteiger partial charge in [-0.25, -0.2) is 4.79 Å². The highest BCUT2D eigenvalue weighted by atomic mass is 32.2. The summed E-state index contributed by atoms with van der Waals surface area (Å²) in [5.41, 5.74) is 6.24. The molecule has 0 spiro atoms. The van der Waals surface area contributed by atoms with Crippen LogP contribution in [0.25, 0.3) is 0 Å². The van der Waals surface area contributed by atoms with E-state index in [-0.39, 0.29) is 5.56 Å². The Morgan fingerprint density at radius 2 is 2.31 bits per heavy atom. The molecule has 88 valence electrons. The van der Waals surface area contributed by atoms with E-state index in [1.54, 1.807) is 23.9 Å². The Labute approximate surface area is 98.8 Å². The molecule has 0 amide bonds. The normalized spacial score (nSPS) is 10.1. The van der Waals surface area contributed by atoms with Gasteiger partial charge in [0.2, 0.25) is 0 Å². The van der Waals surface area contributed by atoms with Crippen molar-refractivity contribution in [3.8, 4) is 5.75 Å². The summed E-state index contributed by atoms with van der Waals surface area (Å²) in [6, 6.07) is 4.56. The summed E-state index contributed by atoms with van der Waals surface area (Å²) in [6.45, 7) is 0.505. The van der Waals surface area contributed by atoms with Gasteiger partial charge in [0.25, 0.3) is 0 Å². The summed E-state index contributed by atoms with van der Waals surface area (Å²) in [4.78, 5) is 10.9. The first kappa shape index (κ1) is 12.7. The van der Waals surface area contributed by atoms with E-state index in [2.05, 4.69) is 0 Å². The van der Waals surface area contributed by atoms with Crippen LogP contribution in [-0.4, -0.2) is 29.7 Å². The van der Waals surface area contributed by atoms with Gasteiger partial charge < -0.3 is 15.6 Å². The first-order chi connectivity index (χ1) is 7.65. The lowest BCUT2D eigenvalue weighted by Gasteiger charge is -2.09. The van der Waals surface area contributed by atoms with Crippen molar-refractivity contribution in [3.63, 3.8) is 0 Å². The Kier molecular flexibility index (Phi) is 4.98. The van der Waals surface area contributed by atoms with Gasteiger partial charge in [0, 0.05) is 11.8 Å². The molecule has 5 heteroatoms. The Balaban J connectivity index is 2.68. The number of carboxylic acids is 1. The molecular formula is C11H15NO3S. The van der Waals surface area contributed by atoms with Crippen molar-refractivity contribution < 1.29 is 14.6 Å². The lowest BCUT2D eigenvalue weighted by atomic mass is 10.2. The van der Waals surface area contributed by atoms with E-state index in [0.29, 0.717) is 18.0 Å². The standard InChI is InChI=1S/C11H15NO3S/c1-16-6-2-5-15-10-7-8(12)3-4-9(10)11(13)14/h3-4,7H,2,5-6,12H2,1H3,(H,13,14). The summed E-state index contributed by atoms with van der Waals surface area (Å²) in [6.07, 6.45) is 2.90. The number of nitrogen functional groups attached to an aromatic ring is 1. The minimum absolute atomic E-state index is 0.151. The molecule has 1 aromatic carbocycles. The molecule has 0 radical (unpaired) electrons. The van der Waals surface area contributed by atoms with Crippen LogP contribution in [0.3, 0.4) is 0 Å². The van der Waals surface area contributed by atoms with E-state index < -0.39 is 5.97 Å². The molecule has 0 aromatic heterocycles. The quantitative estimate of drug-likeness (QED) is 0.589. The number of carboxylic acid groups (broad SMARTS) is 1. The van der Waals surface area contributed by atoms with Gasteiger partial charge in [-0.2, -0.15) is 11.8 Å². The first-order valence-electron chi connectivity index (χ1n) is 4.89. The van der Waals surface area contributed by atoms with E-state index in [4.69, 9.17) is 15.6 Å². The van der Waals surface area contributed by atoms with Crippen LogP contribution in [0.2, 0.25) is 0 Å². The van der Waals surface area contributed by atoms with Gasteiger partial charge in [-0.3, -0.25) is 0 Å². The fourth-order valence-electron chi connectivity index (χ4n) is 1.22. The van der Waals surface area contributed by atoms with Crippen molar-refractivity contribution >= 4 is 23.4 Å². The zero-order valence-electron chi connectivity index (χ0n) is 9.10. The molecule has 0 heterocycles. The highest BCUT2D eigenvalue weighted by Crippen LogP contribution is 2.22. The molecule has 0 aliphatic carbocycles. The second-order valence-electron chi connectivity index (χ2n) is 3.26. The second-order valence-corrected chi connectivity index (χ2v) is 4.24. The van der Waals surface area contributed by atoms with E-state index in [0.717, 1.165) is 12.2 Å². The molecule has 0 bridgehead atoms. The number of hydrogen-bond acceptors (Lipinski definition) is 4. The number of hydrogen-bond donors (Lipinski definition) is 2. The number of aromatic carboxylic acids is 1. The smallest absolute Gasteiger partial charge is 0.339 e. The van der Waals surface area contributed by atoms with Crippen molar-refractivity contribution in [2.24, 2.45) is 0 Å². The van der Waals surface area contributed by atoms with Gasteiger partial charge in [0.15, 0.2) is 0 Å². The lowest BCUT2D eigenvalue weighted by Crippen LogP contribution is -2.05. The van der Waals surface area contributed by atoms with Crippen molar-refractivity contribution in [1.82, 2.24) is 0 Å². The minimum atomic E-state index is -1.00. The first-order valence-corrected chi connectivity index (χ1v) is 6.29. The fraction of sp³-hybridized carbons (Fsp3) is 0.364. The maximum Gasteiger partial charge on any atom is 0.339 e. The number of nitrogens with two attached hydrogens (primary N) is 1. The Hall–Kier alpha value is -1.36. The third kappa shape index (κ3) is 3.66. The average Bonchev–Trinajstić information content (AvgIpc) is 2.24. The van der Waals surface area contributed by atoms with Crippen LogP contribution in [0.1, 0.15) is 16.8 Å². The van der Waals surface area contributed by atoms with Gasteiger partial charge in [-0.15, -0.1) is 0 Å². The predicted octanol–water partition coefficient (Wildman–Crippen LogP) is 2.10. The van der Waals surface area contributed by atoms with Crippen molar-refractivity contribution in [1.29, 1.82) is 0 Å². The molecular weight excluding hydrogens is 226 g/mol. The predicted molar refractivity (Wildman–Crippen MR) is 66.3 cm³/mol. The number of anilines is 1. The topological polar surface area (TPSA) is 72.5 Å². The van der Waals surface area contributed by atoms with Gasteiger partial charge in [-0.1, -0.05) is 0 Å². The summed E-state index contributed by atoms with van der Waals surface area (Å²) >= 11 is 1.73. The molecule has 0 atom stereocenters. The van der Waals surface area contributed by atoms with Crippen molar-refractivity contribution in [3.05, 3.63) is 23.8 Å². The lowest BCUT2D eigenvalue weighted by molar-refractivity contribution is 0.0692. The zero-order valence-corrected chi connectivity index (χ0v) is 9.92. The monoisotopic (exact) mass is 241 g/mol. The third-order valence-electron chi connectivity index (χ3n) is 1.99. The number of benzene rings is 1.